The van der Waals surface area contributed by atoms with E-state index in [4.69, 9.17) is 0 Å². The molecule has 1 aliphatic carbocycles. The fraction of sp³-hybridized carbons (Fsp3) is 0.0545. The van der Waals surface area contributed by atoms with Crippen LogP contribution in [0.3, 0.4) is 0 Å². The molecule has 2 aliphatic rings. The molecule has 1 nitrogen and oxygen atoms in total. The first-order chi connectivity index (χ1) is 28.7. The average molecular weight is 778 g/mol. The van der Waals surface area contributed by atoms with Crippen molar-refractivity contribution in [1.29, 1.82) is 0 Å². The van der Waals surface area contributed by atoms with Crippen molar-refractivity contribution in [3.8, 4) is 16.8 Å². The third-order valence-electron chi connectivity index (χ3n) is 12.0. The molecule has 0 fully saturated rings. The fourth-order valence-corrected chi connectivity index (χ4v) is 12.1. The average Bonchev–Trinajstić information content (AvgIpc) is 3.92. The van der Waals surface area contributed by atoms with E-state index in [1.165, 1.54) is 90.7 Å². The van der Waals surface area contributed by atoms with E-state index < -0.39 is 5.41 Å². The number of allylic oxidation sites excluding steroid dienone is 2. The van der Waals surface area contributed by atoms with E-state index in [-0.39, 0.29) is 0 Å². The van der Waals surface area contributed by atoms with Gasteiger partial charge >= 0.3 is 0 Å². The minimum absolute atomic E-state index is 0.452. The maximum atomic E-state index is 4.21. The molecule has 3 heteroatoms. The van der Waals surface area contributed by atoms with Crippen LogP contribution in [0.4, 0.5) is 0 Å². The summed E-state index contributed by atoms with van der Waals surface area (Å²) in [5.74, 6) is 0. The van der Waals surface area contributed by atoms with Crippen LogP contribution in [0.25, 0.3) is 64.4 Å². The minimum Gasteiger partial charge on any atom is -0.309 e. The molecule has 10 aromatic rings. The van der Waals surface area contributed by atoms with Crippen LogP contribution in [0.2, 0.25) is 0 Å². The normalized spacial score (nSPS) is 13.6. The number of fused-ring (bicyclic) bond motifs is 15. The quantitative estimate of drug-likeness (QED) is 0.161. The van der Waals surface area contributed by atoms with Gasteiger partial charge in [-0.1, -0.05) is 166 Å². The molecule has 3 heterocycles. The highest BCUT2D eigenvalue weighted by Crippen LogP contribution is 2.63. The van der Waals surface area contributed by atoms with Gasteiger partial charge in [0.15, 0.2) is 0 Å². The summed E-state index contributed by atoms with van der Waals surface area (Å²) in [7, 11) is 0. The number of benzene rings is 8. The van der Waals surface area contributed by atoms with E-state index in [9.17, 15) is 0 Å². The van der Waals surface area contributed by atoms with Gasteiger partial charge in [-0.25, -0.2) is 0 Å². The number of nitrogens with zero attached hydrogens (tertiary/aromatic N) is 1. The Hall–Kier alpha value is -6.39. The van der Waals surface area contributed by atoms with Crippen LogP contribution in [0, 0.1) is 0 Å². The molecule has 0 bridgehead atoms. The lowest BCUT2D eigenvalue weighted by molar-refractivity contribution is 0.723. The Balaban J connectivity index is 0.00000190. The Labute approximate surface area is 347 Å². The molecule has 2 aromatic heterocycles. The molecule has 0 N–H and O–H groups in total. The van der Waals surface area contributed by atoms with Crippen LogP contribution in [-0.4, -0.2) is 4.57 Å². The first-order valence-corrected chi connectivity index (χ1v) is 21.8. The van der Waals surface area contributed by atoms with Crippen LogP contribution >= 0.6 is 23.1 Å². The molecular weight excluding hydrogens is 739 g/mol. The lowest BCUT2D eigenvalue weighted by atomic mass is 9.67. The van der Waals surface area contributed by atoms with Crippen LogP contribution in [0.5, 0.6) is 0 Å². The van der Waals surface area contributed by atoms with Crippen LogP contribution < -0.4 is 0 Å². The van der Waals surface area contributed by atoms with Crippen LogP contribution in [0.1, 0.15) is 47.2 Å². The molecule has 0 unspecified atom stereocenters. The lowest BCUT2D eigenvalue weighted by Gasteiger charge is -2.39. The summed E-state index contributed by atoms with van der Waals surface area (Å²) in [4.78, 5) is 2.63. The SMILES string of the molecule is C=C/C=C(/c1ccc2sc3ccccc3c2c1)c1ccccc1-n1c2ccccc2c2cc3c(cc21)C1(c2ccccc2Sc2ccccc21)c1ccccc1-3.CC. The van der Waals surface area contributed by atoms with Crippen LogP contribution in [0.15, 0.2) is 204 Å². The molecule has 276 valence electrons. The van der Waals surface area contributed by atoms with Crippen molar-refractivity contribution in [2.24, 2.45) is 0 Å². The molecule has 1 spiro atoms. The van der Waals surface area contributed by atoms with E-state index in [0.717, 1.165) is 16.8 Å². The number of thiophene rings is 1. The second-order valence-corrected chi connectivity index (χ2v) is 17.0. The topological polar surface area (TPSA) is 4.93 Å². The Morgan fingerprint density at radius 1 is 0.517 bits per heavy atom. The fourth-order valence-electron chi connectivity index (χ4n) is 9.82. The zero-order chi connectivity index (χ0) is 39.0. The number of para-hydroxylation sites is 2. The largest absolute Gasteiger partial charge is 0.309 e. The van der Waals surface area contributed by atoms with Gasteiger partial charge in [-0.15, -0.1) is 11.3 Å². The molecule has 1 aliphatic heterocycles. The molecule has 0 radical (unpaired) electrons. The summed E-state index contributed by atoms with van der Waals surface area (Å²) in [5.41, 5.74) is 14.6. The number of hydrogen-bond donors (Lipinski definition) is 0. The highest BCUT2D eigenvalue weighted by molar-refractivity contribution is 7.99. The van der Waals surface area contributed by atoms with Gasteiger partial charge in [0, 0.05) is 46.3 Å². The highest BCUT2D eigenvalue weighted by atomic mass is 32.2. The van der Waals surface area contributed by atoms with Gasteiger partial charge in [0.1, 0.15) is 0 Å². The number of rotatable bonds is 4. The Kier molecular flexibility index (Phi) is 8.18. The number of aromatic nitrogens is 1. The molecule has 12 rings (SSSR count). The maximum Gasteiger partial charge on any atom is 0.0736 e. The first kappa shape index (κ1) is 34.8. The van der Waals surface area contributed by atoms with E-state index in [1.54, 1.807) is 0 Å². The van der Waals surface area contributed by atoms with Gasteiger partial charge in [-0.3, -0.25) is 0 Å². The molecular formula is C55H39NS2. The first-order valence-electron chi connectivity index (χ1n) is 20.1. The zero-order valence-corrected chi connectivity index (χ0v) is 34.0. The summed E-state index contributed by atoms with van der Waals surface area (Å²) in [6, 6.07) is 65.7. The zero-order valence-electron chi connectivity index (χ0n) is 32.4. The highest BCUT2D eigenvalue weighted by Gasteiger charge is 2.50. The van der Waals surface area contributed by atoms with Gasteiger partial charge in [0.2, 0.25) is 0 Å². The minimum atomic E-state index is -0.452. The molecule has 0 atom stereocenters. The predicted molar refractivity (Wildman–Crippen MR) is 250 cm³/mol. The van der Waals surface area contributed by atoms with Gasteiger partial charge in [-0.2, -0.15) is 0 Å². The smallest absolute Gasteiger partial charge is 0.0736 e. The van der Waals surface area contributed by atoms with E-state index >= 15 is 0 Å². The van der Waals surface area contributed by atoms with Crippen LogP contribution in [-0.2, 0) is 5.41 Å². The van der Waals surface area contributed by atoms with Crippen molar-refractivity contribution in [3.05, 3.63) is 228 Å². The van der Waals surface area contributed by atoms with Crippen molar-refractivity contribution >= 4 is 70.6 Å². The van der Waals surface area contributed by atoms with E-state index in [0.29, 0.717) is 0 Å². The Bertz CT molecular complexity index is 3270. The Morgan fingerprint density at radius 3 is 1.95 bits per heavy atom. The second-order valence-electron chi connectivity index (χ2n) is 14.8. The predicted octanol–water partition coefficient (Wildman–Crippen LogP) is 15.6. The number of hydrogen-bond acceptors (Lipinski definition) is 2. The van der Waals surface area contributed by atoms with Gasteiger partial charge < -0.3 is 4.57 Å². The Morgan fingerprint density at radius 2 is 1.16 bits per heavy atom. The summed E-state index contributed by atoms with van der Waals surface area (Å²) in [5, 5.41) is 5.10. The summed E-state index contributed by atoms with van der Waals surface area (Å²) >= 11 is 3.75. The van der Waals surface area contributed by atoms with Crippen molar-refractivity contribution < 1.29 is 0 Å². The summed E-state index contributed by atoms with van der Waals surface area (Å²) in [6.45, 7) is 8.21. The molecule has 0 saturated carbocycles. The van der Waals surface area contributed by atoms with Gasteiger partial charge in [-0.05, 0) is 99.1 Å². The van der Waals surface area contributed by atoms with Crippen molar-refractivity contribution in [2.45, 2.75) is 29.1 Å². The third kappa shape index (κ3) is 4.84. The monoisotopic (exact) mass is 777 g/mol. The van der Waals surface area contributed by atoms with Crippen molar-refractivity contribution in [1.82, 2.24) is 4.57 Å². The van der Waals surface area contributed by atoms with Gasteiger partial charge in [0.05, 0.1) is 22.1 Å². The van der Waals surface area contributed by atoms with E-state index in [2.05, 4.69) is 193 Å². The molecule has 58 heavy (non-hydrogen) atoms. The van der Waals surface area contributed by atoms with Crippen molar-refractivity contribution in [2.75, 3.05) is 0 Å². The van der Waals surface area contributed by atoms with Crippen molar-refractivity contribution in [3.63, 3.8) is 0 Å². The summed E-state index contributed by atoms with van der Waals surface area (Å²) < 4.78 is 5.13. The lowest BCUT2D eigenvalue weighted by Crippen LogP contribution is -2.31. The maximum absolute atomic E-state index is 4.21. The molecule has 0 amide bonds. The molecule has 8 aromatic carbocycles. The second kappa shape index (κ2) is 13.6. The standard InChI is InChI=1S/C53H33NS2.C2H6/c1-2-15-34(33-28-29-50-41(30-33)38-19-6-12-25-49(38)55-50)36-17-4-10-23-46(36)54-47-24-11-5-18-37(47)40-31-39-35-16-3-7-20-42(35)53(45(39)32-48(40)54)43-21-8-13-26-51(43)56-52-27-14-9-22-44(52)53;1-2/h2-32H,1H2;1-2H3/b34-15-;. The summed E-state index contributed by atoms with van der Waals surface area (Å²) in [6.07, 6.45) is 4.11. The van der Waals surface area contributed by atoms with Gasteiger partial charge in [0.25, 0.3) is 0 Å². The molecule has 0 saturated heterocycles. The van der Waals surface area contributed by atoms with E-state index in [1.807, 2.05) is 43.0 Å². The third-order valence-corrected chi connectivity index (χ3v) is 14.4.